The molecule has 4 amide bonds. The van der Waals surface area contributed by atoms with Gasteiger partial charge in [0, 0.05) is 37.9 Å². The fraction of sp³-hybridized carbons (Fsp3) is 0.545. The van der Waals surface area contributed by atoms with Gasteiger partial charge in [0.05, 0.1) is 13.2 Å². The number of esters is 2. The summed E-state index contributed by atoms with van der Waals surface area (Å²) in [5.74, 6) is -2.34. The summed E-state index contributed by atoms with van der Waals surface area (Å²) >= 11 is 0. The van der Waals surface area contributed by atoms with Gasteiger partial charge < -0.3 is 30.7 Å². The van der Waals surface area contributed by atoms with E-state index in [1.54, 1.807) is 13.8 Å². The lowest BCUT2D eigenvalue weighted by Crippen LogP contribution is -2.62. The first kappa shape index (κ1) is 30.3. The van der Waals surface area contributed by atoms with E-state index in [-0.39, 0.29) is 37.3 Å². The van der Waals surface area contributed by atoms with Crippen LogP contribution in [0.2, 0.25) is 0 Å². The fourth-order valence-corrected chi connectivity index (χ4v) is 2.52. The molecule has 34 heavy (non-hydrogen) atoms. The largest absolute Gasteiger partial charge is 0.463 e. The zero-order valence-electron chi connectivity index (χ0n) is 20.0. The predicted octanol–water partition coefficient (Wildman–Crippen LogP) is -0.753. The van der Waals surface area contributed by atoms with Crippen molar-refractivity contribution in [3.05, 3.63) is 24.3 Å². The van der Waals surface area contributed by atoms with Crippen molar-refractivity contribution in [2.75, 3.05) is 26.8 Å². The average molecular weight is 483 g/mol. The second-order valence-corrected chi connectivity index (χ2v) is 6.78. The van der Waals surface area contributed by atoms with Crippen LogP contribution in [0.15, 0.2) is 24.3 Å². The minimum atomic E-state index is -0.662. The number of rotatable bonds is 11. The summed E-state index contributed by atoms with van der Waals surface area (Å²) in [6.45, 7) is 6.05. The first-order chi connectivity index (χ1) is 16.2. The normalized spacial score (nSPS) is 17.2. The third-order valence-corrected chi connectivity index (χ3v) is 4.14. The molecule has 2 atom stereocenters. The van der Waals surface area contributed by atoms with E-state index in [9.17, 15) is 28.8 Å². The Balaban J connectivity index is 0.000000833. The SMILES string of the molecule is CCCC1NC(=O)C(CCNC(=O)/C=C/C(=O)OCC)NC1=O.CCOC(=O)/C=C/C(=O)NC. The zero-order chi connectivity index (χ0) is 25.9. The first-order valence-electron chi connectivity index (χ1n) is 11.0. The summed E-state index contributed by atoms with van der Waals surface area (Å²) in [6.07, 6.45) is 5.97. The van der Waals surface area contributed by atoms with E-state index in [1.165, 1.54) is 7.05 Å². The van der Waals surface area contributed by atoms with Crippen molar-refractivity contribution < 1.29 is 38.2 Å². The second-order valence-electron chi connectivity index (χ2n) is 6.78. The van der Waals surface area contributed by atoms with E-state index in [0.29, 0.717) is 13.0 Å². The molecule has 0 spiro atoms. The van der Waals surface area contributed by atoms with Crippen molar-refractivity contribution >= 4 is 35.6 Å². The maximum atomic E-state index is 11.9. The zero-order valence-corrected chi connectivity index (χ0v) is 20.0. The summed E-state index contributed by atoms with van der Waals surface area (Å²) in [6, 6.07) is -1.14. The molecule has 0 aromatic rings. The molecule has 12 heteroatoms. The van der Waals surface area contributed by atoms with Crippen LogP contribution in [0.4, 0.5) is 0 Å². The maximum Gasteiger partial charge on any atom is 0.330 e. The van der Waals surface area contributed by atoms with Gasteiger partial charge in [-0.25, -0.2) is 9.59 Å². The lowest BCUT2D eigenvalue weighted by atomic mass is 10.0. The van der Waals surface area contributed by atoms with Gasteiger partial charge in [0.15, 0.2) is 0 Å². The van der Waals surface area contributed by atoms with Crippen LogP contribution in [-0.4, -0.2) is 74.5 Å². The molecule has 1 heterocycles. The van der Waals surface area contributed by atoms with E-state index in [0.717, 1.165) is 30.7 Å². The van der Waals surface area contributed by atoms with Gasteiger partial charge in [0.2, 0.25) is 23.6 Å². The molecular weight excluding hydrogens is 448 g/mol. The number of hydrogen-bond donors (Lipinski definition) is 4. The molecule has 0 radical (unpaired) electrons. The highest BCUT2D eigenvalue weighted by molar-refractivity contribution is 5.97. The third-order valence-electron chi connectivity index (χ3n) is 4.14. The van der Waals surface area contributed by atoms with Crippen LogP contribution in [0, 0.1) is 0 Å². The van der Waals surface area contributed by atoms with Crippen LogP contribution in [0.25, 0.3) is 0 Å². The number of likely N-dealkylation sites (N-methyl/N-ethyl adjacent to an activating group) is 1. The van der Waals surface area contributed by atoms with E-state index in [2.05, 4.69) is 30.7 Å². The summed E-state index contributed by atoms with van der Waals surface area (Å²) < 4.78 is 9.17. The Labute approximate surface area is 198 Å². The Morgan fingerprint density at radius 1 is 0.794 bits per heavy atom. The smallest absolute Gasteiger partial charge is 0.330 e. The number of piperazine rings is 1. The van der Waals surface area contributed by atoms with E-state index in [1.807, 2.05) is 6.92 Å². The molecule has 4 N–H and O–H groups in total. The van der Waals surface area contributed by atoms with Gasteiger partial charge in [-0.2, -0.15) is 0 Å². The van der Waals surface area contributed by atoms with Crippen molar-refractivity contribution in [3.63, 3.8) is 0 Å². The quantitative estimate of drug-likeness (QED) is 0.220. The molecule has 2 unspecified atom stereocenters. The van der Waals surface area contributed by atoms with Gasteiger partial charge in [0.1, 0.15) is 12.1 Å². The Morgan fingerprint density at radius 2 is 1.26 bits per heavy atom. The molecule has 0 aromatic heterocycles. The van der Waals surface area contributed by atoms with Gasteiger partial charge in [-0.15, -0.1) is 0 Å². The molecule has 1 rings (SSSR count). The number of carbonyl (C=O) groups excluding carboxylic acids is 6. The van der Waals surface area contributed by atoms with Crippen molar-refractivity contribution in [2.24, 2.45) is 0 Å². The number of amides is 4. The summed E-state index contributed by atoms with van der Waals surface area (Å²) in [4.78, 5) is 67.3. The Hall–Kier alpha value is -3.70. The molecule has 0 aliphatic carbocycles. The Bertz CT molecular complexity index is 779. The number of nitrogens with one attached hydrogen (secondary N) is 4. The molecule has 1 fully saturated rings. The third kappa shape index (κ3) is 13.7. The van der Waals surface area contributed by atoms with Crippen LogP contribution in [0.1, 0.15) is 40.0 Å². The van der Waals surface area contributed by atoms with Crippen molar-refractivity contribution in [2.45, 2.75) is 52.1 Å². The predicted molar refractivity (Wildman–Crippen MR) is 122 cm³/mol. The van der Waals surface area contributed by atoms with Crippen LogP contribution in [-0.2, 0) is 38.2 Å². The van der Waals surface area contributed by atoms with Crippen molar-refractivity contribution in [1.29, 1.82) is 0 Å². The number of hydrogen-bond acceptors (Lipinski definition) is 8. The van der Waals surface area contributed by atoms with Crippen LogP contribution >= 0.6 is 0 Å². The standard InChI is InChI=1S/C15H23N3O5.C7H11NO3/c1-3-5-10-14(21)18-11(15(22)17-10)8-9-16-12(19)6-7-13(20)23-4-2;1-3-11-7(10)5-4-6(9)8-2/h6-7,10-11H,3-5,8-9H2,1-2H3,(H,16,19)(H,17,22)(H,18,21);4-5H,3H2,1-2H3,(H,8,9)/b7-6+;5-4+. The highest BCUT2D eigenvalue weighted by Gasteiger charge is 2.32. The molecule has 0 bridgehead atoms. The van der Waals surface area contributed by atoms with Crippen molar-refractivity contribution in [1.82, 2.24) is 21.3 Å². The lowest BCUT2D eigenvalue weighted by molar-refractivity contribution is -0.138. The topological polar surface area (TPSA) is 169 Å². The van der Waals surface area contributed by atoms with Gasteiger partial charge in [-0.3, -0.25) is 19.2 Å². The molecule has 0 saturated carbocycles. The average Bonchev–Trinajstić information content (AvgIpc) is 2.80. The monoisotopic (exact) mass is 482 g/mol. The summed E-state index contributed by atoms with van der Waals surface area (Å²) in [7, 11) is 1.48. The maximum absolute atomic E-state index is 11.9. The molecule has 1 saturated heterocycles. The fourth-order valence-electron chi connectivity index (χ4n) is 2.52. The van der Waals surface area contributed by atoms with E-state index in [4.69, 9.17) is 0 Å². The van der Waals surface area contributed by atoms with Crippen LogP contribution in [0.3, 0.4) is 0 Å². The van der Waals surface area contributed by atoms with Crippen LogP contribution < -0.4 is 21.3 Å². The van der Waals surface area contributed by atoms with Gasteiger partial charge >= 0.3 is 11.9 Å². The van der Waals surface area contributed by atoms with Gasteiger partial charge in [-0.1, -0.05) is 13.3 Å². The van der Waals surface area contributed by atoms with E-state index < -0.39 is 29.9 Å². The minimum Gasteiger partial charge on any atom is -0.463 e. The molecular formula is C22H34N4O8. The molecule has 1 aliphatic rings. The second kappa shape index (κ2) is 17.8. The number of ether oxygens (including phenoxy) is 2. The number of carbonyl (C=O) groups is 6. The minimum absolute atomic E-state index is 0.197. The lowest BCUT2D eigenvalue weighted by Gasteiger charge is -2.29. The Kier molecular flexibility index (Phi) is 15.9. The van der Waals surface area contributed by atoms with E-state index >= 15 is 0 Å². The first-order valence-corrected chi connectivity index (χ1v) is 11.0. The Morgan fingerprint density at radius 3 is 1.71 bits per heavy atom. The highest BCUT2D eigenvalue weighted by Crippen LogP contribution is 2.05. The summed E-state index contributed by atoms with van der Waals surface area (Å²) in [5, 5.41) is 10.2. The van der Waals surface area contributed by atoms with Crippen molar-refractivity contribution in [3.8, 4) is 0 Å². The molecule has 190 valence electrons. The van der Waals surface area contributed by atoms with Gasteiger partial charge in [0.25, 0.3) is 0 Å². The molecule has 12 nitrogen and oxygen atoms in total. The summed E-state index contributed by atoms with van der Waals surface area (Å²) in [5.41, 5.74) is 0. The van der Waals surface area contributed by atoms with Gasteiger partial charge in [-0.05, 0) is 26.7 Å². The molecule has 1 aliphatic heterocycles. The highest BCUT2D eigenvalue weighted by atomic mass is 16.5. The molecule has 0 aromatic carbocycles. The van der Waals surface area contributed by atoms with Crippen LogP contribution in [0.5, 0.6) is 0 Å².